The van der Waals surface area contributed by atoms with Crippen molar-refractivity contribution in [2.24, 2.45) is 11.8 Å². The van der Waals surface area contributed by atoms with Crippen molar-refractivity contribution < 1.29 is 5.11 Å². The van der Waals surface area contributed by atoms with Crippen LogP contribution in [0.1, 0.15) is 32.1 Å². The van der Waals surface area contributed by atoms with Crippen molar-refractivity contribution in [2.75, 3.05) is 0 Å². The van der Waals surface area contributed by atoms with E-state index in [4.69, 9.17) is 0 Å². The molecule has 0 heterocycles. The van der Waals surface area contributed by atoms with Gasteiger partial charge in [0.15, 0.2) is 0 Å². The number of hydrogen-bond acceptors (Lipinski definition) is 1. The van der Waals surface area contributed by atoms with E-state index in [0.29, 0.717) is 5.92 Å². The molecule has 0 unspecified atom stereocenters. The summed E-state index contributed by atoms with van der Waals surface area (Å²) in [4.78, 5) is 0. The van der Waals surface area contributed by atoms with Crippen molar-refractivity contribution >= 4 is 0 Å². The molecule has 1 nitrogen and oxygen atoms in total. The Kier molecular flexibility index (Phi) is 1.26. The molecule has 0 radical (unpaired) electrons. The summed E-state index contributed by atoms with van der Waals surface area (Å²) >= 11 is 0. The molecule has 9 heavy (non-hydrogen) atoms. The molecule has 2 saturated carbocycles. The standard InChI is InChI=1S/C8H14O/c9-8-4-2-1-3-6-5-7(6)8/h6-9H,1-5H2/t6-,7+,8+/m0/s1. The van der Waals surface area contributed by atoms with Crippen LogP contribution in [0.3, 0.4) is 0 Å². The van der Waals surface area contributed by atoms with Crippen LogP contribution in [0, 0.1) is 11.8 Å². The molecule has 52 valence electrons. The molecule has 1 heteroatoms. The van der Waals surface area contributed by atoms with E-state index in [0.717, 1.165) is 12.3 Å². The van der Waals surface area contributed by atoms with E-state index in [2.05, 4.69) is 0 Å². The van der Waals surface area contributed by atoms with Crippen LogP contribution < -0.4 is 0 Å². The molecule has 0 bridgehead atoms. The predicted octanol–water partition coefficient (Wildman–Crippen LogP) is 1.56. The molecule has 0 aromatic carbocycles. The molecule has 0 amide bonds. The lowest BCUT2D eigenvalue weighted by atomic mass is 10.1. The molecular weight excluding hydrogens is 112 g/mol. The fourth-order valence-corrected chi connectivity index (χ4v) is 2.05. The van der Waals surface area contributed by atoms with Gasteiger partial charge in [-0.2, -0.15) is 0 Å². The largest absolute Gasteiger partial charge is 0.393 e. The maximum absolute atomic E-state index is 9.40. The van der Waals surface area contributed by atoms with Crippen LogP contribution in [0.4, 0.5) is 0 Å². The van der Waals surface area contributed by atoms with Gasteiger partial charge in [-0.25, -0.2) is 0 Å². The molecule has 0 aromatic heterocycles. The van der Waals surface area contributed by atoms with E-state index in [-0.39, 0.29) is 6.10 Å². The Hall–Kier alpha value is -0.0400. The van der Waals surface area contributed by atoms with Gasteiger partial charge in [0.1, 0.15) is 0 Å². The monoisotopic (exact) mass is 126 g/mol. The Labute approximate surface area is 56.1 Å². The van der Waals surface area contributed by atoms with Crippen molar-refractivity contribution in [3.8, 4) is 0 Å². The molecule has 2 fully saturated rings. The number of rotatable bonds is 0. The first kappa shape index (κ1) is 5.72. The topological polar surface area (TPSA) is 20.2 Å². The predicted molar refractivity (Wildman–Crippen MR) is 36.1 cm³/mol. The van der Waals surface area contributed by atoms with Gasteiger partial charge in [0.25, 0.3) is 0 Å². The van der Waals surface area contributed by atoms with Crippen LogP contribution in [0.25, 0.3) is 0 Å². The highest BCUT2D eigenvalue weighted by molar-refractivity contribution is 4.92. The molecule has 0 spiro atoms. The van der Waals surface area contributed by atoms with Gasteiger partial charge in [-0.15, -0.1) is 0 Å². The lowest BCUT2D eigenvalue weighted by Crippen LogP contribution is -2.07. The van der Waals surface area contributed by atoms with Crippen molar-refractivity contribution in [2.45, 2.75) is 38.2 Å². The zero-order chi connectivity index (χ0) is 6.27. The number of fused-ring (bicyclic) bond motifs is 1. The average molecular weight is 126 g/mol. The summed E-state index contributed by atoms with van der Waals surface area (Å²) in [5.41, 5.74) is 0. The Bertz CT molecular complexity index is 111. The molecular formula is C8H14O. The first-order chi connectivity index (χ1) is 4.38. The maximum atomic E-state index is 9.40. The van der Waals surface area contributed by atoms with E-state index in [1.54, 1.807) is 0 Å². The first-order valence-electron chi connectivity index (χ1n) is 4.06. The van der Waals surface area contributed by atoms with Crippen LogP contribution in [0.5, 0.6) is 0 Å². The summed E-state index contributed by atoms with van der Waals surface area (Å²) in [6.07, 6.45) is 6.47. The minimum Gasteiger partial charge on any atom is -0.393 e. The van der Waals surface area contributed by atoms with Crippen molar-refractivity contribution in [3.63, 3.8) is 0 Å². The molecule has 0 aliphatic heterocycles. The third-order valence-electron chi connectivity index (χ3n) is 2.80. The molecule has 0 saturated heterocycles. The fraction of sp³-hybridized carbons (Fsp3) is 1.00. The Balaban J connectivity index is 1.96. The van der Waals surface area contributed by atoms with Crippen molar-refractivity contribution in [1.82, 2.24) is 0 Å². The Morgan fingerprint density at radius 3 is 2.78 bits per heavy atom. The highest BCUT2D eigenvalue weighted by Crippen LogP contribution is 2.47. The van der Waals surface area contributed by atoms with E-state index < -0.39 is 0 Å². The normalized spacial score (nSPS) is 49.7. The molecule has 2 rings (SSSR count). The molecule has 2 aliphatic carbocycles. The zero-order valence-electron chi connectivity index (χ0n) is 5.71. The van der Waals surface area contributed by atoms with E-state index in [1.807, 2.05) is 0 Å². The minimum atomic E-state index is 0.0671. The summed E-state index contributed by atoms with van der Waals surface area (Å²) in [6, 6.07) is 0. The quantitative estimate of drug-likeness (QED) is 0.522. The van der Waals surface area contributed by atoms with Crippen LogP contribution in [-0.4, -0.2) is 11.2 Å². The minimum absolute atomic E-state index is 0.0671. The fourth-order valence-electron chi connectivity index (χ4n) is 2.05. The summed E-state index contributed by atoms with van der Waals surface area (Å²) in [5.74, 6) is 1.63. The summed E-state index contributed by atoms with van der Waals surface area (Å²) in [6.45, 7) is 0. The molecule has 3 atom stereocenters. The number of aliphatic hydroxyl groups excluding tert-OH is 1. The molecule has 1 N–H and O–H groups in total. The summed E-state index contributed by atoms with van der Waals surface area (Å²) in [7, 11) is 0. The van der Waals surface area contributed by atoms with Crippen LogP contribution >= 0.6 is 0 Å². The smallest absolute Gasteiger partial charge is 0.0571 e. The van der Waals surface area contributed by atoms with Gasteiger partial charge in [0.05, 0.1) is 6.10 Å². The van der Waals surface area contributed by atoms with Crippen LogP contribution in [0.2, 0.25) is 0 Å². The lowest BCUT2D eigenvalue weighted by Gasteiger charge is -2.04. The van der Waals surface area contributed by atoms with Crippen LogP contribution in [-0.2, 0) is 0 Å². The summed E-state index contributed by atoms with van der Waals surface area (Å²) in [5, 5.41) is 9.40. The number of aliphatic hydroxyl groups is 1. The second-order valence-corrected chi connectivity index (χ2v) is 3.51. The van der Waals surface area contributed by atoms with Gasteiger partial charge in [-0.05, 0) is 24.7 Å². The third-order valence-corrected chi connectivity index (χ3v) is 2.80. The van der Waals surface area contributed by atoms with E-state index in [1.165, 1.54) is 25.7 Å². The average Bonchev–Trinajstić information content (AvgIpc) is 2.55. The Morgan fingerprint density at radius 1 is 1.11 bits per heavy atom. The van der Waals surface area contributed by atoms with Gasteiger partial charge in [-0.1, -0.05) is 19.3 Å². The van der Waals surface area contributed by atoms with Gasteiger partial charge in [0, 0.05) is 0 Å². The zero-order valence-corrected chi connectivity index (χ0v) is 5.71. The van der Waals surface area contributed by atoms with Gasteiger partial charge >= 0.3 is 0 Å². The second kappa shape index (κ2) is 1.98. The third kappa shape index (κ3) is 0.983. The SMILES string of the molecule is O[C@@H]1CCCC[C@H]2C[C@H]21. The van der Waals surface area contributed by atoms with Gasteiger partial charge in [0.2, 0.25) is 0 Å². The van der Waals surface area contributed by atoms with Crippen LogP contribution in [0.15, 0.2) is 0 Å². The molecule has 0 aromatic rings. The second-order valence-electron chi connectivity index (χ2n) is 3.51. The molecule has 2 aliphatic rings. The van der Waals surface area contributed by atoms with Gasteiger partial charge in [-0.3, -0.25) is 0 Å². The van der Waals surface area contributed by atoms with Crippen molar-refractivity contribution in [1.29, 1.82) is 0 Å². The van der Waals surface area contributed by atoms with Gasteiger partial charge < -0.3 is 5.11 Å². The lowest BCUT2D eigenvalue weighted by molar-refractivity contribution is 0.139. The Morgan fingerprint density at radius 2 is 1.89 bits per heavy atom. The number of hydrogen-bond donors (Lipinski definition) is 1. The highest BCUT2D eigenvalue weighted by atomic mass is 16.3. The van der Waals surface area contributed by atoms with E-state index >= 15 is 0 Å². The maximum Gasteiger partial charge on any atom is 0.0571 e. The van der Waals surface area contributed by atoms with E-state index in [9.17, 15) is 5.11 Å². The van der Waals surface area contributed by atoms with Crippen molar-refractivity contribution in [3.05, 3.63) is 0 Å². The highest BCUT2D eigenvalue weighted by Gasteiger charge is 2.42. The first-order valence-corrected chi connectivity index (χ1v) is 4.06. The summed E-state index contributed by atoms with van der Waals surface area (Å²) < 4.78 is 0.